The average molecular weight is 1660 g/mol. The summed E-state index contributed by atoms with van der Waals surface area (Å²) in [5.74, 6) is 7.03. The van der Waals surface area contributed by atoms with Crippen molar-refractivity contribution < 1.29 is 32.8 Å². The summed E-state index contributed by atoms with van der Waals surface area (Å²) in [7, 11) is 0. The van der Waals surface area contributed by atoms with Gasteiger partial charge in [0, 0.05) is 0 Å². The van der Waals surface area contributed by atoms with E-state index in [1.807, 2.05) is 4.57 Å². The van der Waals surface area contributed by atoms with Crippen molar-refractivity contribution in [1.82, 2.24) is 74.5 Å². The van der Waals surface area contributed by atoms with Crippen molar-refractivity contribution in [2.45, 2.75) is 152 Å². The molecule has 0 amide bonds. The topological polar surface area (TPSA) is 300 Å². The van der Waals surface area contributed by atoms with E-state index in [-0.39, 0.29) is 31.6 Å². The Bertz CT molecular complexity index is 4220. The Balaban J connectivity index is 0.000000155. The Morgan fingerprint density at radius 1 is 0.526 bits per heavy atom. The van der Waals surface area contributed by atoms with Crippen LogP contribution in [0.25, 0.3) is 33.5 Å². The van der Waals surface area contributed by atoms with Gasteiger partial charge in [-0.2, -0.15) is 0 Å². The molecule has 0 bridgehead atoms. The van der Waals surface area contributed by atoms with Gasteiger partial charge in [0.1, 0.15) is 0 Å². The maximum atomic E-state index is 14.0. The van der Waals surface area contributed by atoms with Crippen LogP contribution in [0.1, 0.15) is 66.3 Å². The second-order valence-electron chi connectivity index (χ2n) is 28.9. The van der Waals surface area contributed by atoms with Gasteiger partial charge < -0.3 is 0 Å². The molecule has 510 valence electrons. The monoisotopic (exact) mass is 1660 g/mol. The molecule has 9 N–H and O–H groups in total. The van der Waals surface area contributed by atoms with Crippen molar-refractivity contribution in [3.05, 3.63) is 66.5 Å². The van der Waals surface area contributed by atoms with Crippen LogP contribution in [0.5, 0.6) is 34.5 Å². The van der Waals surface area contributed by atoms with Gasteiger partial charge in [0.25, 0.3) is 0 Å². The zero-order chi connectivity index (χ0) is 68.3. The number of fused-ring (bicyclic) bond motifs is 6. The summed E-state index contributed by atoms with van der Waals surface area (Å²) in [5, 5.41) is 12.2. The van der Waals surface area contributed by atoms with Crippen LogP contribution in [0.4, 0.5) is 21.8 Å². The number of hydrogen-bond acceptors (Lipinski definition) is 23. The van der Waals surface area contributed by atoms with E-state index in [9.17, 15) is 4.39 Å². The minimum absolute atomic E-state index is 0.0588. The molecule has 0 unspecified atom stereocenters. The van der Waals surface area contributed by atoms with Gasteiger partial charge in [-0.15, -0.1) is 0 Å². The standard InChI is InChI=1S/C19H22FN6O2.C19H23N6O2S.C18H21N6O2S.9CH3.3Sn/c1-11(2)9-22-5-6-26-15(23-16-17(21)24-19(20)25-18(16)26)8-12-3-4-13-14(7-12)28-10-27-13;1-19(2,3)9-21-6-7-25-17-15(16(20)22-10-23-17)24-18(25)28-12-4-5-13-14(8-12)27-11-26-13;1-11(2)20-6-3-7-24-17-15(16(19)21-9-22-17)23-18(24)27-12-4-5-13-14(8-12)26-10-25-13;;;;;;;;;;;;/h4,7,11,22H,5-6,8-10H2,1-2H3,(H2,21,24,25);5,8,10,21H,6-7,9,11H2,1-3H3,(H2,20,22,23);5,8-9,11,20H,3,6-7,10H2,1-2H3,(H2,19,21,22);9*1H3;;;. The number of anilines is 3. The Morgan fingerprint density at radius 3 is 1.46 bits per heavy atom. The number of aryl methyl sites for hydroxylation is 1. The molecule has 3 aromatic carbocycles. The van der Waals surface area contributed by atoms with Crippen LogP contribution in [-0.4, -0.2) is 173 Å². The number of aromatic nitrogens is 12. The van der Waals surface area contributed by atoms with Crippen molar-refractivity contribution in [1.29, 1.82) is 0 Å². The number of hydrogen-bond donors (Lipinski definition) is 6. The number of nitrogens with zero attached hydrogens (tertiary/aromatic N) is 12. The normalized spacial score (nSPS) is 13.6. The van der Waals surface area contributed by atoms with Crippen molar-refractivity contribution in [2.75, 3.05) is 70.3 Å². The fraction of sp³-hybridized carbons (Fsp3) is 0.492. The Kier molecular flexibility index (Phi) is 23.0. The van der Waals surface area contributed by atoms with E-state index in [2.05, 4.69) is 184 Å². The van der Waals surface area contributed by atoms with Gasteiger partial charge in [-0.3, -0.25) is 0 Å². The predicted octanol–water partition coefficient (Wildman–Crippen LogP) is 9.35. The summed E-state index contributed by atoms with van der Waals surface area (Å²) >= 11 is -4.10. The molecule has 0 spiro atoms. The van der Waals surface area contributed by atoms with E-state index in [1.165, 1.54) is 33.2 Å². The number of halogens is 1. The molecule has 0 saturated heterocycles. The molecule has 6 aromatic heterocycles. The Morgan fingerprint density at radius 2 is 0.979 bits per heavy atom. The molecule has 0 atom stereocenters. The van der Waals surface area contributed by atoms with Crippen LogP contribution in [-0.2, 0) is 26.1 Å². The average Bonchev–Trinajstić information content (AvgIpc) is 1.68. The first-order chi connectivity index (χ1) is 44.9. The molecule has 95 heavy (non-hydrogen) atoms. The fourth-order valence-electron chi connectivity index (χ4n) is 11.1. The third kappa shape index (κ3) is 17.8. The molecule has 0 aliphatic carbocycles. The molecule has 24 nitrogen and oxygen atoms in total. The first-order valence-electron chi connectivity index (χ1n) is 32.3. The third-order valence-electron chi connectivity index (χ3n) is 15.8. The molecule has 9 aromatic rings. The van der Waals surface area contributed by atoms with Crippen LogP contribution in [0, 0.1) is 17.4 Å². The quantitative estimate of drug-likeness (QED) is 0.0197. The molecule has 3 aliphatic rings. The van der Waals surface area contributed by atoms with Gasteiger partial charge in [-0.05, 0) is 0 Å². The van der Waals surface area contributed by atoms with Gasteiger partial charge in [0.15, 0.2) is 0 Å². The summed E-state index contributed by atoms with van der Waals surface area (Å²) in [6, 6.07) is 13.2. The number of ether oxygens (including phenoxy) is 6. The molecule has 3 aliphatic heterocycles. The second kappa shape index (κ2) is 30.3. The summed E-state index contributed by atoms with van der Waals surface area (Å²) in [5.41, 5.74) is 23.4. The Labute approximate surface area is 576 Å². The first kappa shape index (κ1) is 72.2. The number of benzene rings is 3. The molecular weight excluding hydrogens is 1570 g/mol. The molecule has 12 rings (SSSR count). The number of nitrogens with two attached hydrogens (primary N) is 3. The molecule has 0 saturated carbocycles. The minimum atomic E-state index is -2.50. The number of nitrogens with one attached hydrogen (secondary N) is 3. The summed E-state index contributed by atoms with van der Waals surface area (Å²) in [4.78, 5) is 63.3. The van der Waals surface area contributed by atoms with Gasteiger partial charge in [-0.25, -0.2) is 0 Å². The van der Waals surface area contributed by atoms with Gasteiger partial charge in [0.05, 0.1) is 0 Å². The number of imidazole rings is 3. The molecule has 30 heteroatoms. The van der Waals surface area contributed by atoms with Crippen LogP contribution in [0.3, 0.4) is 0 Å². The van der Waals surface area contributed by atoms with Gasteiger partial charge in [-0.1, -0.05) is 0 Å². The second-order valence-corrected chi connectivity index (χ2v) is 74.0. The van der Waals surface area contributed by atoms with E-state index in [0.29, 0.717) is 65.3 Å². The van der Waals surface area contributed by atoms with Crippen molar-refractivity contribution in [3.8, 4) is 34.5 Å². The summed E-state index contributed by atoms with van der Waals surface area (Å²) < 4.78 is 58.3. The molecule has 0 fully saturated rings. The van der Waals surface area contributed by atoms with E-state index in [0.717, 1.165) is 113 Å². The van der Waals surface area contributed by atoms with Gasteiger partial charge in [0.2, 0.25) is 0 Å². The zero-order valence-electron chi connectivity index (χ0n) is 57.7. The van der Waals surface area contributed by atoms with Crippen molar-refractivity contribution in [2.24, 2.45) is 11.3 Å². The Hall–Kier alpha value is -5.58. The van der Waals surface area contributed by atoms with Gasteiger partial charge >= 0.3 is 582 Å². The maximum absolute atomic E-state index is 14.0. The predicted molar refractivity (Wildman–Crippen MR) is 385 cm³/mol. The third-order valence-corrected chi connectivity index (χ3v) is 36.5. The van der Waals surface area contributed by atoms with E-state index in [4.69, 9.17) is 60.6 Å². The van der Waals surface area contributed by atoms with E-state index in [1.54, 1.807) is 23.5 Å². The summed E-state index contributed by atoms with van der Waals surface area (Å²) in [6.45, 7) is 22.5. The van der Waals surface area contributed by atoms with E-state index >= 15 is 0 Å². The molecular formula is C65H93FN18O6S2Sn3. The van der Waals surface area contributed by atoms with Crippen LogP contribution >= 0.6 is 23.5 Å². The fourth-order valence-corrected chi connectivity index (χ4v) is 30.6. The van der Waals surface area contributed by atoms with E-state index < -0.39 is 61.2 Å². The van der Waals surface area contributed by atoms with Crippen LogP contribution in [0.2, 0.25) is 44.5 Å². The zero-order valence-corrected chi connectivity index (χ0v) is 67.9. The number of rotatable bonds is 23. The first-order valence-corrected chi connectivity index (χ1v) is 63.9. The van der Waals surface area contributed by atoms with Crippen molar-refractivity contribution >= 4 is 140 Å². The SMILES string of the molecule is CC(C)(C)CNCCn1c(Sc2cc3c(c[c]2[Sn]([CH3])([CH3])[CH3])OCO3)nc2c(N)ncnc21.CC(C)CNCCn1c(Cc2cc3c(c[c]2[Sn]([CH3])([CH3])[CH3])OCO3)nc2c(N)nc(F)nc21.CC(C)NCCCn1c(Sc2cc3c(c[c]2[Sn]([CH3])([CH3])[CH3])OCO3)nc2c(N)ncnc21. The van der Waals surface area contributed by atoms with Crippen LogP contribution in [0.15, 0.2) is 69.2 Å². The van der Waals surface area contributed by atoms with Crippen LogP contribution < -0.4 is 72.3 Å². The molecule has 0 radical (unpaired) electrons. The van der Waals surface area contributed by atoms with Crippen molar-refractivity contribution in [3.63, 3.8) is 0 Å². The summed E-state index contributed by atoms with van der Waals surface area (Å²) in [6.07, 6.45) is 3.71. The number of nitrogen functional groups attached to an aromatic ring is 3. The molecule has 9 heterocycles.